The molecule has 0 bridgehead atoms. The number of ether oxygens (including phenoxy) is 3. The first-order valence-electron chi connectivity index (χ1n) is 7.02. The second-order valence-corrected chi connectivity index (χ2v) is 4.95. The molecular formula is C18H14O5. The van der Waals surface area contributed by atoms with Crippen LogP contribution in [-0.2, 0) is 4.79 Å². The van der Waals surface area contributed by atoms with Gasteiger partial charge in [0.05, 0.1) is 0 Å². The second-order valence-electron chi connectivity index (χ2n) is 4.95. The minimum atomic E-state index is -0.525. The van der Waals surface area contributed by atoms with Crippen LogP contribution in [0.4, 0.5) is 0 Å². The van der Waals surface area contributed by atoms with Gasteiger partial charge in [-0.25, -0.2) is 4.79 Å². The number of rotatable bonds is 4. The first kappa shape index (κ1) is 14.8. The third kappa shape index (κ3) is 3.58. The van der Waals surface area contributed by atoms with Crippen LogP contribution in [0.2, 0.25) is 0 Å². The van der Waals surface area contributed by atoms with Crippen LogP contribution >= 0.6 is 0 Å². The van der Waals surface area contributed by atoms with Crippen LogP contribution in [0.25, 0.3) is 6.08 Å². The van der Waals surface area contributed by atoms with Crippen molar-refractivity contribution in [1.29, 1.82) is 0 Å². The van der Waals surface area contributed by atoms with Crippen LogP contribution in [0.1, 0.15) is 22.8 Å². The van der Waals surface area contributed by atoms with Gasteiger partial charge in [-0.1, -0.05) is 18.2 Å². The standard InChI is InChI=1S/C18H14O5/c1-12(19)14-3-2-4-15(10-14)23-18(20)8-6-13-5-7-16-17(9-13)22-11-21-16/h2-10H,11H2,1H3/b8-6+. The highest BCUT2D eigenvalue weighted by Gasteiger charge is 2.12. The Hall–Kier alpha value is -3.08. The predicted molar refractivity (Wildman–Crippen MR) is 83.7 cm³/mol. The number of carbonyl (C=O) groups excluding carboxylic acids is 2. The lowest BCUT2D eigenvalue weighted by Gasteiger charge is -2.03. The van der Waals surface area contributed by atoms with Crippen molar-refractivity contribution in [2.75, 3.05) is 6.79 Å². The van der Waals surface area contributed by atoms with E-state index in [1.807, 2.05) is 6.07 Å². The third-order valence-corrected chi connectivity index (χ3v) is 3.27. The number of fused-ring (bicyclic) bond motifs is 1. The van der Waals surface area contributed by atoms with Crippen molar-refractivity contribution in [3.05, 3.63) is 59.7 Å². The number of ketones is 1. The lowest BCUT2D eigenvalue weighted by molar-refractivity contribution is -0.128. The Morgan fingerprint density at radius 1 is 1.09 bits per heavy atom. The van der Waals surface area contributed by atoms with Crippen LogP contribution in [0.5, 0.6) is 17.2 Å². The van der Waals surface area contributed by atoms with Gasteiger partial charge in [-0.3, -0.25) is 4.79 Å². The Labute approximate surface area is 133 Å². The highest BCUT2D eigenvalue weighted by atomic mass is 16.7. The van der Waals surface area contributed by atoms with E-state index in [1.165, 1.54) is 19.1 Å². The molecule has 0 aliphatic carbocycles. The number of benzene rings is 2. The molecule has 5 nitrogen and oxygen atoms in total. The molecule has 0 N–H and O–H groups in total. The first-order valence-corrected chi connectivity index (χ1v) is 7.02. The molecule has 0 radical (unpaired) electrons. The van der Waals surface area contributed by atoms with Gasteiger partial charge in [0.2, 0.25) is 6.79 Å². The number of esters is 1. The molecular weight excluding hydrogens is 296 g/mol. The molecule has 1 aliphatic heterocycles. The van der Waals surface area contributed by atoms with Crippen LogP contribution in [-0.4, -0.2) is 18.5 Å². The summed E-state index contributed by atoms with van der Waals surface area (Å²) in [5.74, 6) is 1.06. The van der Waals surface area contributed by atoms with E-state index in [-0.39, 0.29) is 12.6 Å². The van der Waals surface area contributed by atoms with Gasteiger partial charge in [0.1, 0.15) is 5.75 Å². The van der Waals surface area contributed by atoms with Crippen molar-refractivity contribution in [1.82, 2.24) is 0 Å². The molecule has 0 unspecified atom stereocenters. The normalized spacial score (nSPS) is 12.4. The quantitative estimate of drug-likeness (QED) is 0.375. The highest BCUT2D eigenvalue weighted by molar-refractivity contribution is 5.95. The zero-order chi connectivity index (χ0) is 16.2. The Morgan fingerprint density at radius 3 is 2.74 bits per heavy atom. The molecule has 0 amide bonds. The van der Waals surface area contributed by atoms with Crippen molar-refractivity contribution in [3.63, 3.8) is 0 Å². The summed E-state index contributed by atoms with van der Waals surface area (Å²) < 4.78 is 15.7. The summed E-state index contributed by atoms with van der Waals surface area (Å²) in [6.07, 6.45) is 2.94. The SMILES string of the molecule is CC(=O)c1cccc(OC(=O)/C=C/c2ccc3c(c2)OCO3)c1. The number of carbonyl (C=O) groups is 2. The molecule has 5 heteroatoms. The summed E-state index contributed by atoms with van der Waals surface area (Å²) in [6.45, 7) is 1.66. The monoisotopic (exact) mass is 310 g/mol. The van der Waals surface area contributed by atoms with Crippen LogP contribution in [0.15, 0.2) is 48.5 Å². The van der Waals surface area contributed by atoms with Crippen molar-refractivity contribution >= 4 is 17.8 Å². The number of Topliss-reactive ketones (excluding diaryl/α,β-unsaturated/α-hetero) is 1. The van der Waals surface area contributed by atoms with Gasteiger partial charge >= 0.3 is 5.97 Å². The van der Waals surface area contributed by atoms with E-state index in [2.05, 4.69) is 0 Å². The van der Waals surface area contributed by atoms with Crippen molar-refractivity contribution in [2.24, 2.45) is 0 Å². The molecule has 0 fully saturated rings. The average Bonchev–Trinajstić information content (AvgIpc) is 3.01. The van der Waals surface area contributed by atoms with E-state index < -0.39 is 5.97 Å². The van der Waals surface area contributed by atoms with Gasteiger partial charge in [-0.15, -0.1) is 0 Å². The minimum absolute atomic E-state index is 0.0844. The molecule has 0 spiro atoms. The number of hydrogen-bond acceptors (Lipinski definition) is 5. The first-order chi connectivity index (χ1) is 11.1. The molecule has 116 valence electrons. The fourth-order valence-electron chi connectivity index (χ4n) is 2.11. The van der Waals surface area contributed by atoms with Gasteiger partial charge in [-0.2, -0.15) is 0 Å². The maximum atomic E-state index is 11.9. The maximum Gasteiger partial charge on any atom is 0.336 e. The molecule has 3 rings (SSSR count). The molecule has 1 aliphatic rings. The summed E-state index contributed by atoms with van der Waals surface area (Å²) in [6, 6.07) is 11.9. The van der Waals surface area contributed by atoms with Gasteiger partial charge in [-0.05, 0) is 42.8 Å². The average molecular weight is 310 g/mol. The zero-order valence-electron chi connectivity index (χ0n) is 12.4. The van der Waals surface area contributed by atoms with E-state index in [9.17, 15) is 9.59 Å². The molecule has 23 heavy (non-hydrogen) atoms. The maximum absolute atomic E-state index is 11.9. The summed E-state index contributed by atoms with van der Waals surface area (Å²) in [5, 5.41) is 0. The lowest BCUT2D eigenvalue weighted by atomic mass is 10.1. The van der Waals surface area contributed by atoms with Crippen molar-refractivity contribution in [2.45, 2.75) is 6.92 Å². The second kappa shape index (κ2) is 6.36. The van der Waals surface area contributed by atoms with E-state index in [1.54, 1.807) is 36.4 Å². The summed E-state index contributed by atoms with van der Waals surface area (Å²) >= 11 is 0. The zero-order valence-corrected chi connectivity index (χ0v) is 12.4. The van der Waals surface area contributed by atoms with Crippen LogP contribution < -0.4 is 14.2 Å². The highest BCUT2D eigenvalue weighted by Crippen LogP contribution is 2.32. The Morgan fingerprint density at radius 2 is 1.91 bits per heavy atom. The lowest BCUT2D eigenvalue weighted by Crippen LogP contribution is -2.04. The fraction of sp³-hybridized carbons (Fsp3) is 0.111. The van der Waals surface area contributed by atoms with Crippen LogP contribution in [0.3, 0.4) is 0 Å². The molecule has 2 aromatic carbocycles. The van der Waals surface area contributed by atoms with E-state index in [0.29, 0.717) is 22.8 Å². The molecule has 0 aromatic heterocycles. The summed E-state index contributed by atoms with van der Waals surface area (Å²) in [4.78, 5) is 23.2. The van der Waals surface area contributed by atoms with Gasteiger partial charge < -0.3 is 14.2 Å². The summed E-state index contributed by atoms with van der Waals surface area (Å²) in [7, 11) is 0. The van der Waals surface area contributed by atoms with Gasteiger partial charge in [0.15, 0.2) is 17.3 Å². The predicted octanol–water partition coefficient (Wildman–Crippen LogP) is 3.24. The van der Waals surface area contributed by atoms with Crippen LogP contribution in [0, 0.1) is 0 Å². The van der Waals surface area contributed by atoms with E-state index >= 15 is 0 Å². The topological polar surface area (TPSA) is 61.8 Å². The molecule has 0 atom stereocenters. The van der Waals surface area contributed by atoms with Crippen molar-refractivity contribution in [3.8, 4) is 17.2 Å². The van der Waals surface area contributed by atoms with E-state index in [4.69, 9.17) is 14.2 Å². The minimum Gasteiger partial charge on any atom is -0.454 e. The molecule has 0 saturated heterocycles. The largest absolute Gasteiger partial charge is 0.454 e. The van der Waals surface area contributed by atoms with Gasteiger partial charge in [0, 0.05) is 11.6 Å². The summed E-state index contributed by atoms with van der Waals surface area (Å²) in [5.41, 5.74) is 1.29. The Balaban J connectivity index is 1.67. The fourth-order valence-corrected chi connectivity index (χ4v) is 2.11. The molecule has 1 heterocycles. The van der Waals surface area contributed by atoms with Crippen molar-refractivity contribution < 1.29 is 23.8 Å². The smallest absolute Gasteiger partial charge is 0.336 e. The Bertz CT molecular complexity index is 792. The molecule has 0 saturated carbocycles. The van der Waals surface area contributed by atoms with Gasteiger partial charge in [0.25, 0.3) is 0 Å². The van der Waals surface area contributed by atoms with E-state index in [0.717, 1.165) is 5.56 Å². The number of hydrogen-bond donors (Lipinski definition) is 0. The third-order valence-electron chi connectivity index (χ3n) is 3.27. The Kier molecular flexibility index (Phi) is 4.10. The molecule has 2 aromatic rings.